The second-order valence-corrected chi connectivity index (χ2v) is 6.17. The van der Waals surface area contributed by atoms with Crippen LogP contribution < -0.4 is 0 Å². The molecule has 4 unspecified atom stereocenters. The van der Waals surface area contributed by atoms with E-state index in [-0.39, 0.29) is 53.0 Å². The van der Waals surface area contributed by atoms with Gasteiger partial charge in [0, 0.05) is 11.8 Å². The first-order valence-electron chi connectivity index (χ1n) is 7.25. The van der Waals surface area contributed by atoms with Gasteiger partial charge in [-0.2, -0.15) is 0 Å². The van der Waals surface area contributed by atoms with Crippen molar-refractivity contribution in [3.05, 3.63) is 0 Å². The van der Waals surface area contributed by atoms with Crippen LogP contribution in [0.1, 0.15) is 32.6 Å². The van der Waals surface area contributed by atoms with E-state index in [9.17, 15) is 24.0 Å². The van der Waals surface area contributed by atoms with Gasteiger partial charge < -0.3 is 4.74 Å². The van der Waals surface area contributed by atoms with Crippen molar-refractivity contribution >= 4 is 29.3 Å². The fourth-order valence-corrected chi connectivity index (χ4v) is 3.46. The maximum atomic E-state index is 11.4. The van der Waals surface area contributed by atoms with Crippen molar-refractivity contribution in [2.75, 3.05) is 0 Å². The monoisotopic (exact) mass is 292 g/mol. The van der Waals surface area contributed by atoms with Gasteiger partial charge in [0.05, 0.1) is 11.8 Å². The van der Waals surface area contributed by atoms with Crippen LogP contribution in [0.4, 0.5) is 0 Å². The molecule has 4 fully saturated rings. The molecule has 112 valence electrons. The van der Waals surface area contributed by atoms with Crippen LogP contribution in [0.5, 0.6) is 0 Å². The third kappa shape index (κ3) is 2.04. The first kappa shape index (κ1) is 14.1. The molecule has 0 radical (unpaired) electrons. The molecule has 4 rings (SSSR count). The Morgan fingerprint density at radius 3 is 1.43 bits per heavy atom. The van der Waals surface area contributed by atoms with E-state index in [2.05, 4.69) is 4.74 Å². The van der Waals surface area contributed by atoms with Crippen LogP contribution in [0.15, 0.2) is 0 Å². The van der Waals surface area contributed by atoms with E-state index < -0.39 is 5.92 Å². The van der Waals surface area contributed by atoms with Gasteiger partial charge in [-0.05, 0) is 32.6 Å². The maximum absolute atomic E-state index is 11.4. The van der Waals surface area contributed by atoms with Gasteiger partial charge in [0.2, 0.25) is 0 Å². The third-order valence-corrected chi connectivity index (χ3v) is 5.06. The van der Waals surface area contributed by atoms with Crippen molar-refractivity contribution in [2.45, 2.75) is 32.6 Å². The van der Waals surface area contributed by atoms with Crippen molar-refractivity contribution in [2.24, 2.45) is 29.6 Å². The molecule has 0 aromatic carbocycles. The zero-order valence-corrected chi connectivity index (χ0v) is 11.7. The highest BCUT2D eigenvalue weighted by Gasteiger charge is 2.55. The largest absolute Gasteiger partial charge is 0.393 e. The minimum Gasteiger partial charge on any atom is -0.393 e. The Morgan fingerprint density at radius 2 is 1.19 bits per heavy atom. The van der Waals surface area contributed by atoms with Crippen LogP contribution in [-0.4, -0.2) is 29.3 Å². The molecule has 0 bridgehead atoms. The first-order chi connectivity index (χ1) is 9.91. The van der Waals surface area contributed by atoms with Gasteiger partial charge in [0.15, 0.2) is 11.6 Å². The summed E-state index contributed by atoms with van der Waals surface area (Å²) in [6.45, 7) is 1.32. The standard InChI is InChI=1S/C9H10O3.C6H6O3/c1-4(10)7-8(11)5-2-3-6(5)9(7)12;7-5-3-1-2-4(3)6(8)9-5/h5-7H,2-3H2,1H3;3-4H,1-2H2. The summed E-state index contributed by atoms with van der Waals surface area (Å²) >= 11 is 0. The lowest BCUT2D eigenvalue weighted by Crippen LogP contribution is -2.27. The number of fused-ring (bicyclic) bond motifs is 2. The zero-order valence-electron chi connectivity index (χ0n) is 11.7. The summed E-state index contributed by atoms with van der Waals surface area (Å²) < 4.78 is 4.37. The summed E-state index contributed by atoms with van der Waals surface area (Å²) in [5.74, 6) is -2.39. The van der Waals surface area contributed by atoms with Gasteiger partial charge in [-0.15, -0.1) is 0 Å². The summed E-state index contributed by atoms with van der Waals surface area (Å²) in [5.41, 5.74) is 0. The van der Waals surface area contributed by atoms with Crippen LogP contribution in [0.25, 0.3) is 0 Å². The lowest BCUT2D eigenvalue weighted by atomic mass is 9.76. The Bertz CT molecular complexity index is 521. The minimum absolute atomic E-state index is 0.0718. The number of hydrogen-bond acceptors (Lipinski definition) is 6. The van der Waals surface area contributed by atoms with Gasteiger partial charge in [-0.25, -0.2) is 0 Å². The minimum atomic E-state index is -0.900. The van der Waals surface area contributed by atoms with Crippen LogP contribution in [-0.2, 0) is 28.7 Å². The highest BCUT2D eigenvalue weighted by molar-refractivity contribution is 6.25. The van der Waals surface area contributed by atoms with E-state index in [1.165, 1.54) is 6.92 Å². The average molecular weight is 292 g/mol. The van der Waals surface area contributed by atoms with Crippen LogP contribution in [0.3, 0.4) is 0 Å². The number of carbonyl (C=O) groups excluding carboxylic acids is 5. The molecule has 0 N–H and O–H groups in total. The van der Waals surface area contributed by atoms with E-state index in [1.807, 2.05) is 0 Å². The fraction of sp³-hybridized carbons (Fsp3) is 0.667. The number of esters is 2. The first-order valence-corrected chi connectivity index (χ1v) is 7.25. The molecule has 0 amide bonds. The summed E-state index contributed by atoms with van der Waals surface area (Å²) in [7, 11) is 0. The molecule has 0 aromatic rings. The molecule has 3 saturated carbocycles. The maximum Gasteiger partial charge on any atom is 0.317 e. The number of cyclic esters (lactones) is 2. The molecule has 0 aromatic heterocycles. The lowest BCUT2D eigenvalue weighted by molar-refractivity contribution is -0.153. The second-order valence-electron chi connectivity index (χ2n) is 6.17. The third-order valence-electron chi connectivity index (χ3n) is 5.06. The number of rotatable bonds is 1. The van der Waals surface area contributed by atoms with Crippen molar-refractivity contribution in [1.82, 2.24) is 0 Å². The van der Waals surface area contributed by atoms with Crippen LogP contribution in [0.2, 0.25) is 0 Å². The normalized spacial score (nSPS) is 39.4. The Morgan fingerprint density at radius 1 is 0.810 bits per heavy atom. The molecular weight excluding hydrogens is 276 g/mol. The van der Waals surface area contributed by atoms with Crippen molar-refractivity contribution in [1.29, 1.82) is 0 Å². The molecule has 4 aliphatic rings. The number of ketones is 3. The number of Topliss-reactive ketones (excluding diaryl/α,β-unsaturated/α-hetero) is 3. The SMILES string of the molecule is CC(=O)C1C(=O)C2CCC2C1=O.O=C1OC(=O)C2CCC12. The van der Waals surface area contributed by atoms with Crippen molar-refractivity contribution in [3.63, 3.8) is 0 Å². The van der Waals surface area contributed by atoms with E-state index in [0.29, 0.717) is 0 Å². The summed E-state index contributed by atoms with van der Waals surface area (Å²) in [6, 6.07) is 0. The topological polar surface area (TPSA) is 94.6 Å². The van der Waals surface area contributed by atoms with Crippen LogP contribution >= 0.6 is 0 Å². The number of ether oxygens (including phenoxy) is 1. The van der Waals surface area contributed by atoms with Gasteiger partial charge >= 0.3 is 11.9 Å². The lowest BCUT2D eigenvalue weighted by Gasteiger charge is -2.26. The molecular formula is C15H16O6. The molecule has 21 heavy (non-hydrogen) atoms. The Kier molecular flexibility index (Phi) is 3.26. The van der Waals surface area contributed by atoms with E-state index in [0.717, 1.165) is 25.7 Å². The van der Waals surface area contributed by atoms with E-state index in [1.54, 1.807) is 0 Å². The Balaban J connectivity index is 0.000000131. The smallest absolute Gasteiger partial charge is 0.317 e. The quantitative estimate of drug-likeness (QED) is 0.515. The van der Waals surface area contributed by atoms with Crippen LogP contribution in [0, 0.1) is 29.6 Å². The molecule has 1 saturated heterocycles. The van der Waals surface area contributed by atoms with Gasteiger partial charge in [-0.3, -0.25) is 24.0 Å². The molecule has 3 aliphatic carbocycles. The Labute approximate surface area is 121 Å². The van der Waals surface area contributed by atoms with Crippen molar-refractivity contribution in [3.8, 4) is 0 Å². The number of carbonyl (C=O) groups is 5. The second kappa shape index (κ2) is 4.86. The van der Waals surface area contributed by atoms with Gasteiger partial charge in [0.1, 0.15) is 11.7 Å². The van der Waals surface area contributed by atoms with Gasteiger partial charge in [-0.1, -0.05) is 0 Å². The predicted octanol–water partition coefficient (Wildman–Crippen LogP) is 0.466. The predicted molar refractivity (Wildman–Crippen MR) is 67.7 cm³/mol. The van der Waals surface area contributed by atoms with E-state index in [4.69, 9.17) is 0 Å². The highest BCUT2D eigenvalue weighted by atomic mass is 16.6. The summed E-state index contributed by atoms with van der Waals surface area (Å²) in [4.78, 5) is 54.9. The molecule has 6 heteroatoms. The molecule has 1 heterocycles. The summed E-state index contributed by atoms with van der Waals surface area (Å²) in [5, 5.41) is 0. The molecule has 4 atom stereocenters. The highest BCUT2D eigenvalue weighted by Crippen LogP contribution is 2.45. The fourth-order valence-electron chi connectivity index (χ4n) is 3.46. The molecule has 0 spiro atoms. The van der Waals surface area contributed by atoms with Gasteiger partial charge in [0.25, 0.3) is 0 Å². The van der Waals surface area contributed by atoms with Crippen molar-refractivity contribution < 1.29 is 28.7 Å². The van der Waals surface area contributed by atoms with E-state index >= 15 is 0 Å². The molecule has 1 aliphatic heterocycles. The Hall–Kier alpha value is -1.85. The molecule has 6 nitrogen and oxygen atoms in total. The average Bonchev–Trinajstić information content (AvgIpc) is 2.52. The zero-order chi connectivity index (χ0) is 15.3. The summed E-state index contributed by atoms with van der Waals surface area (Å²) in [6.07, 6.45) is 3.29. The number of hydrogen-bond donors (Lipinski definition) is 0.